The number of fused-ring (bicyclic) bond motifs is 2. The summed E-state index contributed by atoms with van der Waals surface area (Å²) in [4.78, 5) is 56.7. The highest BCUT2D eigenvalue weighted by molar-refractivity contribution is 6.39. The van der Waals surface area contributed by atoms with Gasteiger partial charge in [0, 0.05) is 68.6 Å². The maximum Gasteiger partial charge on any atom is 0.332 e. The highest BCUT2D eigenvalue weighted by Crippen LogP contribution is 2.47. The molecule has 0 radical (unpaired) electrons. The number of amides is 2. The van der Waals surface area contributed by atoms with Gasteiger partial charge in [0.2, 0.25) is 5.88 Å². The molecule has 3 N–H and O–H groups in total. The molecule has 3 aromatic heterocycles. The summed E-state index contributed by atoms with van der Waals surface area (Å²) in [6, 6.07) is 13.3. The fraction of sp³-hybridized carbons (Fsp3) is 0.385. The SMILES string of the molecule is COc1nc(-c2cccc(-c3cccc(Nc4nc(C)nc5c4c(=O)n(C)c(=O)n5C)c3Cl)c2Cl)cc2c1[C@@H](N1CC[C@]3(CCN(CCO)C(=O)N3)C1)CC2. The Labute approximate surface area is 326 Å². The third-order valence-electron chi connectivity index (χ3n) is 11.3. The molecule has 5 heterocycles. The van der Waals surface area contributed by atoms with Crippen LogP contribution in [-0.2, 0) is 20.5 Å². The number of β-amino-alcohol motifs (C(OH)–C–C–N with tert-alkyl or cyclic N) is 1. The monoisotopic (exact) mass is 785 g/mol. The van der Waals surface area contributed by atoms with Crippen molar-refractivity contribution in [3.63, 3.8) is 0 Å². The predicted octanol–water partition coefficient (Wildman–Crippen LogP) is 4.96. The minimum Gasteiger partial charge on any atom is -0.481 e. The Balaban J connectivity index is 1.10. The number of carbonyl (C=O) groups is 1. The van der Waals surface area contributed by atoms with E-state index < -0.39 is 11.2 Å². The smallest absolute Gasteiger partial charge is 0.332 e. The molecule has 1 aliphatic carbocycles. The third kappa shape index (κ3) is 6.30. The second kappa shape index (κ2) is 14.2. The molecule has 2 aliphatic heterocycles. The van der Waals surface area contributed by atoms with E-state index in [1.165, 1.54) is 11.6 Å². The quantitative estimate of drug-likeness (QED) is 0.196. The van der Waals surface area contributed by atoms with Gasteiger partial charge in [0.25, 0.3) is 5.56 Å². The number of pyridine rings is 1. The van der Waals surface area contributed by atoms with Gasteiger partial charge in [0.15, 0.2) is 5.65 Å². The van der Waals surface area contributed by atoms with E-state index in [0.717, 1.165) is 60.0 Å². The fourth-order valence-electron chi connectivity index (χ4n) is 8.43. The normalized spacial score (nSPS) is 19.7. The molecule has 286 valence electrons. The lowest BCUT2D eigenvalue weighted by Crippen LogP contribution is -2.61. The molecule has 0 unspecified atom stereocenters. The second-order valence-electron chi connectivity index (χ2n) is 14.5. The summed E-state index contributed by atoms with van der Waals surface area (Å²) < 4.78 is 8.29. The zero-order chi connectivity index (χ0) is 38.8. The molecule has 5 aromatic rings. The van der Waals surface area contributed by atoms with Crippen LogP contribution in [0.1, 0.15) is 42.3 Å². The number of hydrogen-bond acceptors (Lipinski definition) is 10. The molecule has 0 saturated carbocycles. The van der Waals surface area contributed by atoms with E-state index in [0.29, 0.717) is 57.3 Å². The number of nitrogens with zero attached hydrogens (tertiary/aromatic N) is 7. The van der Waals surface area contributed by atoms with Gasteiger partial charge in [-0.2, -0.15) is 0 Å². The van der Waals surface area contributed by atoms with Crippen LogP contribution in [0.3, 0.4) is 0 Å². The van der Waals surface area contributed by atoms with Gasteiger partial charge in [0.1, 0.15) is 17.0 Å². The van der Waals surface area contributed by atoms with Gasteiger partial charge < -0.3 is 25.4 Å². The highest BCUT2D eigenvalue weighted by atomic mass is 35.5. The first-order valence-corrected chi connectivity index (χ1v) is 19.0. The van der Waals surface area contributed by atoms with Gasteiger partial charge in [-0.25, -0.2) is 24.5 Å². The van der Waals surface area contributed by atoms with E-state index in [2.05, 4.69) is 31.6 Å². The molecule has 2 fully saturated rings. The van der Waals surface area contributed by atoms with Crippen LogP contribution in [-0.4, -0.2) is 90.5 Å². The fourth-order valence-corrected chi connectivity index (χ4v) is 9.03. The van der Waals surface area contributed by atoms with Gasteiger partial charge in [-0.15, -0.1) is 0 Å². The van der Waals surface area contributed by atoms with Crippen LogP contribution >= 0.6 is 23.2 Å². The van der Waals surface area contributed by atoms with Crippen molar-refractivity contribution in [1.29, 1.82) is 0 Å². The molecular weight excluding hydrogens is 745 g/mol. The van der Waals surface area contributed by atoms with E-state index in [4.69, 9.17) is 32.9 Å². The topological polar surface area (TPSA) is 160 Å². The van der Waals surface area contributed by atoms with Crippen molar-refractivity contribution >= 4 is 51.8 Å². The van der Waals surface area contributed by atoms with Crippen molar-refractivity contribution in [2.24, 2.45) is 14.1 Å². The third-order valence-corrected chi connectivity index (χ3v) is 12.1. The molecule has 2 saturated heterocycles. The molecule has 2 atom stereocenters. The summed E-state index contributed by atoms with van der Waals surface area (Å²) in [7, 11) is 4.61. The van der Waals surface area contributed by atoms with Crippen molar-refractivity contribution in [2.45, 2.75) is 44.2 Å². The standard InChI is InChI=1S/C39H41Cl2N9O5/c1-21-42-33(30-34(43-21)47(2)38(54)48(3)36(30)52)44-26-10-6-8-24(32(26)41)23-7-5-9-25(31(23)40)27-19-22-11-12-28(29(22)35(45-27)55-4)50-16-14-39(20-50)13-15-49(17-18-51)37(53)46-39/h5-10,19,28,51H,11-18,20H2,1-4H3,(H,46,53)(H,42,43,44)/t28-,39+/m0/s1. The number of urea groups is 1. The number of nitrogens with one attached hydrogen (secondary N) is 2. The van der Waals surface area contributed by atoms with Crippen LogP contribution in [0.4, 0.5) is 16.3 Å². The van der Waals surface area contributed by atoms with Crippen molar-refractivity contribution < 1.29 is 14.6 Å². The first-order valence-electron chi connectivity index (χ1n) is 18.2. The van der Waals surface area contributed by atoms with Crippen molar-refractivity contribution in [3.05, 3.63) is 90.3 Å². The first kappa shape index (κ1) is 36.9. The summed E-state index contributed by atoms with van der Waals surface area (Å²) in [6.45, 7) is 4.20. The zero-order valence-corrected chi connectivity index (χ0v) is 32.5. The minimum absolute atomic E-state index is 0.0493. The maximum absolute atomic E-state index is 13.3. The zero-order valence-electron chi connectivity index (χ0n) is 30.9. The van der Waals surface area contributed by atoms with Crippen LogP contribution in [0.2, 0.25) is 10.0 Å². The molecule has 55 heavy (non-hydrogen) atoms. The lowest BCUT2D eigenvalue weighted by atomic mass is 9.92. The van der Waals surface area contributed by atoms with Gasteiger partial charge in [0.05, 0.1) is 40.7 Å². The summed E-state index contributed by atoms with van der Waals surface area (Å²) in [5, 5.41) is 16.8. The number of ether oxygens (including phenoxy) is 1. The molecule has 16 heteroatoms. The molecule has 1 spiro atoms. The number of aryl methyl sites for hydroxylation is 3. The molecule has 14 nitrogen and oxygen atoms in total. The Kier molecular flexibility index (Phi) is 9.56. The minimum atomic E-state index is -0.527. The Morgan fingerprint density at radius 3 is 2.45 bits per heavy atom. The Bertz CT molecular complexity index is 2510. The molecule has 0 bridgehead atoms. The van der Waals surface area contributed by atoms with Crippen LogP contribution in [0, 0.1) is 6.92 Å². The Morgan fingerprint density at radius 1 is 0.982 bits per heavy atom. The molecule has 2 aromatic carbocycles. The van der Waals surface area contributed by atoms with Crippen molar-refractivity contribution in [1.82, 2.24) is 39.2 Å². The number of hydrogen-bond donors (Lipinski definition) is 3. The second-order valence-corrected chi connectivity index (χ2v) is 15.3. The molecule has 2 amide bonds. The summed E-state index contributed by atoms with van der Waals surface area (Å²) in [6.07, 6.45) is 3.45. The molecular formula is C39H41Cl2N9O5. The lowest BCUT2D eigenvalue weighted by molar-refractivity contribution is 0.127. The number of aliphatic hydroxyl groups excluding tert-OH is 1. The number of aliphatic hydroxyl groups is 1. The largest absolute Gasteiger partial charge is 0.481 e. The highest BCUT2D eigenvalue weighted by Gasteiger charge is 2.46. The number of halogens is 2. The Hall–Kier alpha value is -5.02. The van der Waals surface area contributed by atoms with Crippen LogP contribution < -0.4 is 26.6 Å². The van der Waals surface area contributed by atoms with Crippen molar-refractivity contribution in [2.75, 3.05) is 45.2 Å². The first-order chi connectivity index (χ1) is 26.4. The molecule has 8 rings (SSSR count). The van der Waals surface area contributed by atoms with Gasteiger partial charge in [-0.1, -0.05) is 53.5 Å². The number of anilines is 2. The van der Waals surface area contributed by atoms with Crippen LogP contribution in [0.25, 0.3) is 33.4 Å². The number of methoxy groups -OCH3 is 1. The summed E-state index contributed by atoms with van der Waals surface area (Å²) >= 11 is 14.3. The summed E-state index contributed by atoms with van der Waals surface area (Å²) in [5.74, 6) is 1.15. The predicted molar refractivity (Wildman–Crippen MR) is 212 cm³/mol. The van der Waals surface area contributed by atoms with Crippen LogP contribution in [0.15, 0.2) is 52.1 Å². The maximum atomic E-state index is 13.3. The van der Waals surface area contributed by atoms with Gasteiger partial charge in [-0.05, 0) is 50.3 Å². The number of carbonyl (C=O) groups excluding carboxylic acids is 1. The summed E-state index contributed by atoms with van der Waals surface area (Å²) in [5.41, 5.74) is 4.35. The number of benzene rings is 2. The number of aromatic nitrogens is 5. The van der Waals surface area contributed by atoms with E-state index in [1.807, 2.05) is 30.3 Å². The van der Waals surface area contributed by atoms with E-state index in [9.17, 15) is 19.5 Å². The van der Waals surface area contributed by atoms with E-state index in [-0.39, 0.29) is 41.1 Å². The average molecular weight is 787 g/mol. The average Bonchev–Trinajstić information content (AvgIpc) is 3.79. The van der Waals surface area contributed by atoms with Crippen LogP contribution in [0.5, 0.6) is 5.88 Å². The van der Waals surface area contributed by atoms with Gasteiger partial charge in [-0.3, -0.25) is 18.8 Å². The van der Waals surface area contributed by atoms with Gasteiger partial charge >= 0.3 is 11.7 Å². The Morgan fingerprint density at radius 2 is 1.71 bits per heavy atom. The van der Waals surface area contributed by atoms with Crippen molar-refractivity contribution in [3.8, 4) is 28.3 Å². The number of likely N-dealkylation sites (tertiary alicyclic amines) is 1. The molecule has 3 aliphatic rings. The number of rotatable bonds is 8. The van der Waals surface area contributed by atoms with E-state index in [1.54, 1.807) is 32.0 Å². The van der Waals surface area contributed by atoms with E-state index >= 15 is 0 Å². The lowest BCUT2D eigenvalue weighted by Gasteiger charge is -2.40.